The van der Waals surface area contributed by atoms with Gasteiger partial charge in [0, 0.05) is 24.3 Å². The summed E-state index contributed by atoms with van der Waals surface area (Å²) in [6, 6.07) is 0. The zero-order valence-electron chi connectivity index (χ0n) is 15.4. The van der Waals surface area contributed by atoms with Crippen molar-refractivity contribution in [3.63, 3.8) is 0 Å². The van der Waals surface area contributed by atoms with Gasteiger partial charge < -0.3 is 9.84 Å². The van der Waals surface area contributed by atoms with E-state index in [1.165, 1.54) is 6.08 Å². The number of hydrogen-bond donors (Lipinski definition) is 1. The molecule has 0 amide bonds. The molecule has 0 aliphatic carbocycles. The van der Waals surface area contributed by atoms with Gasteiger partial charge >= 0.3 is 5.97 Å². The Labute approximate surface area is 146 Å². The highest BCUT2D eigenvalue weighted by Gasteiger charge is 2.30. The van der Waals surface area contributed by atoms with E-state index in [2.05, 4.69) is 13.0 Å². The summed E-state index contributed by atoms with van der Waals surface area (Å²) in [6.45, 7) is 7.45. The Hall–Kier alpha value is -1.42. The number of esters is 1. The van der Waals surface area contributed by atoms with Gasteiger partial charge in [0.05, 0.1) is 6.10 Å². The van der Waals surface area contributed by atoms with Crippen molar-refractivity contribution in [1.29, 1.82) is 0 Å². The molecule has 0 bridgehead atoms. The third-order valence-corrected chi connectivity index (χ3v) is 4.84. The molecule has 1 aliphatic heterocycles. The molecule has 0 saturated heterocycles. The Balaban J connectivity index is 2.90. The number of aliphatic hydroxyl groups is 1. The van der Waals surface area contributed by atoms with Crippen LogP contribution in [0, 0.1) is 17.8 Å². The fourth-order valence-electron chi connectivity index (χ4n) is 3.11. The topological polar surface area (TPSA) is 63.6 Å². The van der Waals surface area contributed by atoms with Gasteiger partial charge in [-0.1, -0.05) is 45.4 Å². The minimum Gasteiger partial charge on any atom is -0.459 e. The van der Waals surface area contributed by atoms with Crippen molar-refractivity contribution in [2.75, 3.05) is 0 Å². The maximum Gasteiger partial charge on any atom is 0.330 e. The monoisotopic (exact) mass is 336 g/mol. The summed E-state index contributed by atoms with van der Waals surface area (Å²) in [7, 11) is 0. The molecule has 24 heavy (non-hydrogen) atoms. The van der Waals surface area contributed by atoms with Crippen LogP contribution in [-0.4, -0.2) is 29.1 Å². The number of cyclic esters (lactones) is 1. The van der Waals surface area contributed by atoms with Crippen molar-refractivity contribution in [3.05, 3.63) is 24.3 Å². The molecule has 4 heteroatoms. The molecule has 4 nitrogen and oxygen atoms in total. The molecule has 0 saturated carbocycles. The second-order valence-corrected chi connectivity index (χ2v) is 6.88. The van der Waals surface area contributed by atoms with Crippen LogP contribution >= 0.6 is 0 Å². The van der Waals surface area contributed by atoms with Crippen LogP contribution in [0.4, 0.5) is 0 Å². The lowest BCUT2D eigenvalue weighted by molar-refractivity contribution is -0.142. The number of ether oxygens (including phenoxy) is 1. The minimum absolute atomic E-state index is 0.0370. The third kappa shape index (κ3) is 6.60. The number of Topliss-reactive ketones (excluding diaryl/α,β-unsaturated/α-hetero) is 1. The van der Waals surface area contributed by atoms with Crippen molar-refractivity contribution >= 4 is 11.8 Å². The van der Waals surface area contributed by atoms with Gasteiger partial charge in [0.2, 0.25) is 0 Å². The lowest BCUT2D eigenvalue weighted by Gasteiger charge is -2.27. The van der Waals surface area contributed by atoms with Gasteiger partial charge in [-0.25, -0.2) is 4.79 Å². The molecular formula is C20H32O4. The molecule has 0 spiro atoms. The van der Waals surface area contributed by atoms with Gasteiger partial charge in [-0.15, -0.1) is 0 Å². The summed E-state index contributed by atoms with van der Waals surface area (Å²) in [5.74, 6) is -1.19. The molecular weight excluding hydrogens is 304 g/mol. The van der Waals surface area contributed by atoms with E-state index in [1.807, 2.05) is 13.0 Å². The average Bonchev–Trinajstić information content (AvgIpc) is 2.56. The van der Waals surface area contributed by atoms with Crippen LogP contribution in [0.1, 0.15) is 59.8 Å². The molecule has 1 heterocycles. The highest BCUT2D eigenvalue weighted by Crippen LogP contribution is 2.25. The normalized spacial score (nSPS) is 36.8. The van der Waals surface area contributed by atoms with Crippen molar-refractivity contribution in [2.24, 2.45) is 17.8 Å². The number of ketones is 1. The Bertz CT molecular complexity index is 466. The average molecular weight is 336 g/mol. The van der Waals surface area contributed by atoms with Crippen molar-refractivity contribution in [3.8, 4) is 0 Å². The summed E-state index contributed by atoms with van der Waals surface area (Å²) in [4.78, 5) is 24.3. The maximum atomic E-state index is 12.5. The summed E-state index contributed by atoms with van der Waals surface area (Å²) in [5, 5.41) is 10.6. The van der Waals surface area contributed by atoms with Gasteiger partial charge in [0.1, 0.15) is 11.9 Å². The predicted molar refractivity (Wildman–Crippen MR) is 95.4 cm³/mol. The van der Waals surface area contributed by atoms with E-state index < -0.39 is 23.9 Å². The fraction of sp³-hybridized carbons (Fsp3) is 0.700. The number of carbonyl (C=O) groups excluding carboxylic acids is 2. The zero-order valence-corrected chi connectivity index (χ0v) is 15.4. The lowest BCUT2D eigenvalue weighted by Crippen LogP contribution is -2.34. The maximum absolute atomic E-state index is 12.5. The molecule has 136 valence electrons. The van der Waals surface area contributed by atoms with E-state index in [1.54, 1.807) is 19.9 Å². The smallest absolute Gasteiger partial charge is 0.330 e. The molecule has 1 aliphatic rings. The van der Waals surface area contributed by atoms with Crippen LogP contribution < -0.4 is 0 Å². The largest absolute Gasteiger partial charge is 0.459 e. The van der Waals surface area contributed by atoms with Crippen LogP contribution in [-0.2, 0) is 14.3 Å². The van der Waals surface area contributed by atoms with E-state index in [0.29, 0.717) is 6.42 Å². The lowest BCUT2D eigenvalue weighted by atomic mass is 9.81. The molecule has 1 unspecified atom stereocenters. The van der Waals surface area contributed by atoms with Gasteiger partial charge in [-0.05, 0) is 32.1 Å². The van der Waals surface area contributed by atoms with E-state index in [4.69, 9.17) is 4.74 Å². The summed E-state index contributed by atoms with van der Waals surface area (Å²) < 4.78 is 5.28. The van der Waals surface area contributed by atoms with Crippen molar-refractivity contribution in [1.82, 2.24) is 0 Å². The molecule has 5 atom stereocenters. The molecule has 0 aromatic carbocycles. The molecule has 1 N–H and O–H groups in total. The number of allylic oxidation sites excluding steroid dienone is 2. The summed E-state index contributed by atoms with van der Waals surface area (Å²) >= 11 is 0. The molecule has 0 fully saturated rings. The molecule has 0 aromatic heterocycles. The first-order chi connectivity index (χ1) is 11.4. The Morgan fingerprint density at radius 2 is 1.92 bits per heavy atom. The standard InChI is InChI=1S/C20H32O4/c1-5-17-11-9-7-6-8-10-15(3)24-18(21)13-12-14(2)19(22)16(4)20(17)23/h6,8,12-17,20,23H,5,7,9-11H2,1-4H3/b8-6+,13-12+/t14-,15+,16-,17+,20?/m1/s1. The van der Waals surface area contributed by atoms with Gasteiger partial charge in [0.25, 0.3) is 0 Å². The summed E-state index contributed by atoms with van der Waals surface area (Å²) in [5.41, 5.74) is 0. The van der Waals surface area contributed by atoms with E-state index in [-0.39, 0.29) is 17.8 Å². The highest BCUT2D eigenvalue weighted by atomic mass is 16.5. The van der Waals surface area contributed by atoms with Crippen LogP contribution in [0.15, 0.2) is 24.3 Å². The Morgan fingerprint density at radius 1 is 1.21 bits per heavy atom. The van der Waals surface area contributed by atoms with Crippen molar-refractivity contribution in [2.45, 2.75) is 72.0 Å². The highest BCUT2D eigenvalue weighted by molar-refractivity contribution is 5.87. The SMILES string of the molecule is CC[C@H]1CCC/C=C/C[C@H](C)OC(=O)/C=C/[C@@H](C)C(=O)[C@@H](C)C1O. The van der Waals surface area contributed by atoms with E-state index >= 15 is 0 Å². The first-order valence-electron chi connectivity index (χ1n) is 9.12. The Kier molecular flexibility index (Phi) is 8.98. The van der Waals surface area contributed by atoms with Gasteiger partial charge in [-0.3, -0.25) is 4.79 Å². The number of hydrogen-bond acceptors (Lipinski definition) is 4. The quantitative estimate of drug-likeness (QED) is 0.584. The second kappa shape index (κ2) is 10.4. The molecule has 0 aromatic rings. The number of rotatable bonds is 1. The zero-order chi connectivity index (χ0) is 18.1. The van der Waals surface area contributed by atoms with Crippen LogP contribution in [0.3, 0.4) is 0 Å². The molecule has 1 rings (SSSR count). The Morgan fingerprint density at radius 3 is 2.58 bits per heavy atom. The second-order valence-electron chi connectivity index (χ2n) is 6.88. The first kappa shape index (κ1) is 20.6. The molecule has 0 radical (unpaired) electrons. The van der Waals surface area contributed by atoms with E-state index in [9.17, 15) is 14.7 Å². The summed E-state index contributed by atoms with van der Waals surface area (Å²) in [6.07, 6.45) is 10.6. The van der Waals surface area contributed by atoms with Crippen molar-refractivity contribution < 1.29 is 19.4 Å². The number of aliphatic hydroxyl groups excluding tert-OH is 1. The van der Waals surface area contributed by atoms with Gasteiger partial charge in [0.15, 0.2) is 0 Å². The first-order valence-corrected chi connectivity index (χ1v) is 9.12. The van der Waals surface area contributed by atoms with E-state index in [0.717, 1.165) is 25.7 Å². The fourth-order valence-corrected chi connectivity index (χ4v) is 3.11. The number of carbonyl (C=O) groups is 2. The van der Waals surface area contributed by atoms with Crippen LogP contribution in [0.5, 0.6) is 0 Å². The predicted octanol–water partition coefficient (Wildman–Crippen LogP) is 3.83. The van der Waals surface area contributed by atoms with Gasteiger partial charge in [-0.2, -0.15) is 0 Å². The third-order valence-electron chi connectivity index (χ3n) is 4.84. The van der Waals surface area contributed by atoms with Crippen LogP contribution in [0.2, 0.25) is 0 Å². The van der Waals surface area contributed by atoms with Crippen LogP contribution in [0.25, 0.3) is 0 Å². The minimum atomic E-state index is -0.637.